The van der Waals surface area contributed by atoms with E-state index in [9.17, 15) is 4.79 Å². The maximum Gasteiger partial charge on any atom is 0.170 e. The molecule has 0 spiro atoms. The monoisotopic (exact) mass is 222 g/mol. The fourth-order valence-corrected chi connectivity index (χ4v) is 1.94. The summed E-state index contributed by atoms with van der Waals surface area (Å²) in [5, 5.41) is 0.563. The van der Waals surface area contributed by atoms with E-state index < -0.39 is 0 Å². The van der Waals surface area contributed by atoms with Gasteiger partial charge in [0.15, 0.2) is 11.9 Å². The first kappa shape index (κ1) is 10.2. The highest BCUT2D eigenvalue weighted by Crippen LogP contribution is 2.24. The molecule has 3 nitrogen and oxygen atoms in total. The van der Waals surface area contributed by atoms with Gasteiger partial charge in [-0.2, -0.15) is 0 Å². The summed E-state index contributed by atoms with van der Waals surface area (Å²) in [6.45, 7) is 4.05. The molecule has 2 heterocycles. The summed E-state index contributed by atoms with van der Waals surface area (Å²) in [7, 11) is 0. The van der Waals surface area contributed by atoms with E-state index in [1.165, 1.54) is 0 Å². The van der Waals surface area contributed by atoms with Crippen LogP contribution in [0.15, 0.2) is 18.3 Å². The van der Waals surface area contributed by atoms with E-state index in [-0.39, 0.29) is 5.92 Å². The predicted molar refractivity (Wildman–Crippen MR) is 59.7 cm³/mol. The van der Waals surface area contributed by atoms with Crippen molar-refractivity contribution in [1.29, 1.82) is 0 Å². The zero-order chi connectivity index (χ0) is 11.0. The second-order valence-electron chi connectivity index (χ2n) is 3.70. The molecule has 4 heteroatoms. The molecule has 2 aromatic heterocycles. The predicted octanol–water partition coefficient (Wildman–Crippen LogP) is 2.92. The minimum absolute atomic E-state index is 0.235. The first-order valence-corrected chi connectivity index (χ1v) is 5.14. The lowest BCUT2D eigenvalue weighted by Gasteiger charge is -2.05. The molecule has 0 radical (unpaired) electrons. The first-order valence-electron chi connectivity index (χ1n) is 4.76. The van der Waals surface area contributed by atoms with Gasteiger partial charge in [0.2, 0.25) is 0 Å². The molecule has 0 aliphatic carbocycles. The number of imidazole rings is 1. The van der Waals surface area contributed by atoms with E-state index >= 15 is 0 Å². The molecular weight excluding hydrogens is 212 g/mol. The van der Waals surface area contributed by atoms with Crippen LogP contribution >= 0.6 is 11.6 Å². The Balaban J connectivity index is 2.86. The lowest BCUT2D eigenvalue weighted by molar-refractivity contribution is 0.111. The zero-order valence-corrected chi connectivity index (χ0v) is 9.32. The number of carbonyl (C=O) groups excluding carboxylic acids is 1. The Hall–Kier alpha value is -1.35. The SMILES string of the molecule is CC(C)c1c(C=O)nc2c(Cl)cccn12. The highest BCUT2D eigenvalue weighted by atomic mass is 35.5. The number of aldehydes is 1. The van der Waals surface area contributed by atoms with Gasteiger partial charge in [0.1, 0.15) is 5.69 Å². The highest BCUT2D eigenvalue weighted by molar-refractivity contribution is 6.33. The van der Waals surface area contributed by atoms with E-state index in [0.717, 1.165) is 12.0 Å². The van der Waals surface area contributed by atoms with Crippen molar-refractivity contribution in [3.8, 4) is 0 Å². The van der Waals surface area contributed by atoms with Gasteiger partial charge >= 0.3 is 0 Å². The van der Waals surface area contributed by atoms with Gasteiger partial charge in [-0.25, -0.2) is 4.98 Å². The molecule has 2 aromatic rings. The van der Waals surface area contributed by atoms with Gasteiger partial charge in [-0.1, -0.05) is 25.4 Å². The smallest absolute Gasteiger partial charge is 0.170 e. The van der Waals surface area contributed by atoms with Crippen LogP contribution in [-0.4, -0.2) is 15.7 Å². The number of aromatic nitrogens is 2. The summed E-state index contributed by atoms with van der Waals surface area (Å²) in [4.78, 5) is 15.1. The number of halogens is 1. The Kier molecular flexibility index (Phi) is 2.49. The van der Waals surface area contributed by atoms with Crippen LogP contribution in [0.3, 0.4) is 0 Å². The number of nitrogens with zero attached hydrogens (tertiary/aromatic N) is 2. The van der Waals surface area contributed by atoms with E-state index in [1.54, 1.807) is 6.07 Å². The Morgan fingerprint density at radius 1 is 1.53 bits per heavy atom. The third-order valence-electron chi connectivity index (χ3n) is 2.33. The van der Waals surface area contributed by atoms with E-state index in [0.29, 0.717) is 16.4 Å². The van der Waals surface area contributed by atoms with E-state index in [1.807, 2.05) is 30.5 Å². The number of pyridine rings is 1. The van der Waals surface area contributed by atoms with Crippen molar-refractivity contribution in [2.75, 3.05) is 0 Å². The van der Waals surface area contributed by atoms with Gasteiger partial charge < -0.3 is 4.40 Å². The third kappa shape index (κ3) is 1.53. The maximum absolute atomic E-state index is 10.9. The molecule has 78 valence electrons. The van der Waals surface area contributed by atoms with Gasteiger partial charge in [-0.05, 0) is 18.1 Å². The van der Waals surface area contributed by atoms with Crippen LogP contribution in [0.4, 0.5) is 0 Å². The third-order valence-corrected chi connectivity index (χ3v) is 2.62. The molecule has 0 atom stereocenters. The second kappa shape index (κ2) is 3.66. The van der Waals surface area contributed by atoms with Crippen molar-refractivity contribution in [2.45, 2.75) is 19.8 Å². The lowest BCUT2D eigenvalue weighted by Crippen LogP contribution is -1.98. The lowest BCUT2D eigenvalue weighted by atomic mass is 10.1. The van der Waals surface area contributed by atoms with Crippen molar-refractivity contribution in [2.24, 2.45) is 0 Å². The average molecular weight is 223 g/mol. The second-order valence-corrected chi connectivity index (χ2v) is 4.11. The number of hydrogen-bond donors (Lipinski definition) is 0. The Bertz CT molecular complexity index is 517. The molecule has 0 unspecified atom stereocenters. The molecule has 0 N–H and O–H groups in total. The molecule has 0 saturated carbocycles. The topological polar surface area (TPSA) is 34.4 Å². The Morgan fingerprint density at radius 3 is 2.87 bits per heavy atom. The first-order chi connectivity index (χ1) is 7.15. The number of carbonyl (C=O) groups is 1. The van der Waals surface area contributed by atoms with Crippen LogP contribution in [-0.2, 0) is 0 Å². The van der Waals surface area contributed by atoms with Crippen LogP contribution in [0.5, 0.6) is 0 Å². The summed E-state index contributed by atoms with van der Waals surface area (Å²) in [5.41, 5.74) is 2.02. The molecule has 0 aliphatic heterocycles. The van der Waals surface area contributed by atoms with Crippen molar-refractivity contribution < 1.29 is 4.79 Å². The van der Waals surface area contributed by atoms with Gasteiger partial charge in [0.25, 0.3) is 0 Å². The van der Waals surface area contributed by atoms with Gasteiger partial charge in [-0.3, -0.25) is 4.79 Å². The Labute approximate surface area is 92.7 Å². The summed E-state index contributed by atoms with van der Waals surface area (Å²) in [6.07, 6.45) is 2.65. The molecule has 0 bridgehead atoms. The fourth-order valence-electron chi connectivity index (χ4n) is 1.73. The number of rotatable bonds is 2. The number of hydrogen-bond acceptors (Lipinski definition) is 2. The normalized spacial score (nSPS) is 11.2. The van der Waals surface area contributed by atoms with Crippen LogP contribution < -0.4 is 0 Å². The molecular formula is C11H11ClN2O. The number of fused-ring (bicyclic) bond motifs is 1. The summed E-state index contributed by atoms with van der Waals surface area (Å²) < 4.78 is 1.87. The molecule has 2 rings (SSSR count). The van der Waals surface area contributed by atoms with Crippen LogP contribution in [0.2, 0.25) is 5.02 Å². The van der Waals surface area contributed by atoms with Gasteiger partial charge in [0.05, 0.1) is 10.7 Å². The van der Waals surface area contributed by atoms with Crippen molar-refractivity contribution >= 4 is 23.5 Å². The minimum Gasteiger partial charge on any atom is -0.302 e. The molecule has 0 aliphatic rings. The van der Waals surface area contributed by atoms with E-state index in [2.05, 4.69) is 4.98 Å². The largest absolute Gasteiger partial charge is 0.302 e. The molecule has 0 amide bonds. The highest BCUT2D eigenvalue weighted by Gasteiger charge is 2.15. The standard InChI is InChI=1S/C11H11ClN2O/c1-7(2)10-9(6-15)13-11-8(12)4-3-5-14(10)11/h3-7H,1-2H3. The fraction of sp³-hybridized carbons (Fsp3) is 0.273. The maximum atomic E-state index is 10.9. The quantitative estimate of drug-likeness (QED) is 0.733. The van der Waals surface area contributed by atoms with Gasteiger partial charge in [0, 0.05) is 6.20 Å². The van der Waals surface area contributed by atoms with Crippen molar-refractivity contribution in [1.82, 2.24) is 9.38 Å². The minimum atomic E-state index is 0.235. The summed E-state index contributed by atoms with van der Waals surface area (Å²) in [5.74, 6) is 0.235. The molecule has 0 saturated heterocycles. The summed E-state index contributed by atoms with van der Waals surface area (Å²) in [6, 6.07) is 3.61. The average Bonchev–Trinajstić information content (AvgIpc) is 2.57. The van der Waals surface area contributed by atoms with Crippen molar-refractivity contribution in [3.63, 3.8) is 0 Å². The van der Waals surface area contributed by atoms with Gasteiger partial charge in [-0.15, -0.1) is 0 Å². The van der Waals surface area contributed by atoms with Crippen molar-refractivity contribution in [3.05, 3.63) is 34.7 Å². The van der Waals surface area contributed by atoms with E-state index in [4.69, 9.17) is 11.6 Å². The summed E-state index contributed by atoms with van der Waals surface area (Å²) >= 11 is 6.00. The van der Waals surface area contributed by atoms with Crippen LogP contribution in [0, 0.1) is 0 Å². The molecule has 0 fully saturated rings. The Morgan fingerprint density at radius 2 is 2.27 bits per heavy atom. The molecule has 0 aromatic carbocycles. The van der Waals surface area contributed by atoms with Crippen LogP contribution in [0.1, 0.15) is 35.9 Å². The zero-order valence-electron chi connectivity index (χ0n) is 8.57. The van der Waals surface area contributed by atoms with Crippen LogP contribution in [0.25, 0.3) is 5.65 Å². The molecule has 15 heavy (non-hydrogen) atoms.